The summed E-state index contributed by atoms with van der Waals surface area (Å²) < 4.78 is 26.7. The minimum Gasteiger partial charge on any atom is -0.258 e. The van der Waals surface area contributed by atoms with E-state index in [0.29, 0.717) is 0 Å². The van der Waals surface area contributed by atoms with Crippen LogP contribution in [0.25, 0.3) is 11.1 Å². The van der Waals surface area contributed by atoms with E-state index in [1.54, 1.807) is 0 Å². The van der Waals surface area contributed by atoms with Crippen molar-refractivity contribution in [2.45, 2.75) is 0 Å². The fourth-order valence-corrected chi connectivity index (χ4v) is 1.87. The van der Waals surface area contributed by atoms with Gasteiger partial charge in [-0.2, -0.15) is 0 Å². The van der Waals surface area contributed by atoms with Crippen LogP contribution in [0.15, 0.2) is 36.4 Å². The lowest BCUT2D eigenvalue weighted by Crippen LogP contribution is -1.96. The Morgan fingerprint density at radius 1 is 1.06 bits per heavy atom. The fourth-order valence-electron chi connectivity index (χ4n) is 1.63. The van der Waals surface area contributed by atoms with Crippen molar-refractivity contribution in [1.29, 1.82) is 0 Å². The Balaban J connectivity index is 2.75. The van der Waals surface area contributed by atoms with Crippen LogP contribution in [0.4, 0.5) is 14.5 Å². The van der Waals surface area contributed by atoms with Crippen molar-refractivity contribution in [2.24, 2.45) is 0 Å². The molecule has 2 rings (SSSR count). The predicted molar refractivity (Wildman–Crippen MR) is 63.5 cm³/mol. The van der Waals surface area contributed by atoms with Crippen LogP contribution in [0.5, 0.6) is 0 Å². The monoisotopic (exact) mass is 269 g/mol. The summed E-state index contributed by atoms with van der Waals surface area (Å²) in [4.78, 5) is 10.2. The summed E-state index contributed by atoms with van der Waals surface area (Å²) in [6.45, 7) is 0. The van der Waals surface area contributed by atoms with Gasteiger partial charge in [-0.15, -0.1) is 0 Å². The molecule has 0 aliphatic carbocycles. The van der Waals surface area contributed by atoms with Gasteiger partial charge in [-0.1, -0.05) is 29.8 Å². The topological polar surface area (TPSA) is 43.1 Å². The summed E-state index contributed by atoms with van der Waals surface area (Å²) in [7, 11) is 0. The van der Waals surface area contributed by atoms with E-state index in [1.165, 1.54) is 30.3 Å². The highest BCUT2D eigenvalue weighted by Gasteiger charge is 2.22. The van der Waals surface area contributed by atoms with Crippen LogP contribution in [0, 0.1) is 21.7 Å². The molecule has 0 bridgehead atoms. The van der Waals surface area contributed by atoms with Gasteiger partial charge in [0.05, 0.1) is 10.5 Å². The Labute approximate surface area is 106 Å². The number of nitro benzene ring substituents is 1. The molecule has 0 aliphatic heterocycles. The largest absolute Gasteiger partial charge is 0.295 e. The average Bonchev–Trinajstić information content (AvgIpc) is 2.32. The highest BCUT2D eigenvalue weighted by Crippen LogP contribution is 2.37. The molecule has 0 radical (unpaired) electrons. The third kappa shape index (κ3) is 2.04. The van der Waals surface area contributed by atoms with E-state index in [9.17, 15) is 18.9 Å². The Morgan fingerprint density at radius 2 is 1.67 bits per heavy atom. The molecule has 0 aromatic heterocycles. The second kappa shape index (κ2) is 4.70. The van der Waals surface area contributed by atoms with Gasteiger partial charge in [0.2, 0.25) is 0 Å². The molecule has 0 saturated carbocycles. The predicted octanol–water partition coefficient (Wildman–Crippen LogP) is 4.19. The Bertz CT molecular complexity index is 631. The first-order valence-corrected chi connectivity index (χ1v) is 5.27. The van der Waals surface area contributed by atoms with Crippen LogP contribution in [0.1, 0.15) is 0 Å². The molecule has 2 aromatic carbocycles. The quantitative estimate of drug-likeness (QED) is 0.606. The lowest BCUT2D eigenvalue weighted by atomic mass is 10.0. The van der Waals surface area contributed by atoms with Crippen LogP contribution < -0.4 is 0 Å². The molecule has 3 nitrogen and oxygen atoms in total. The number of para-hydroxylation sites is 1. The van der Waals surface area contributed by atoms with Crippen molar-refractivity contribution in [3.63, 3.8) is 0 Å². The van der Waals surface area contributed by atoms with Gasteiger partial charge >= 0.3 is 0 Å². The van der Waals surface area contributed by atoms with E-state index >= 15 is 0 Å². The number of benzene rings is 2. The Kier molecular flexibility index (Phi) is 3.25. The molecule has 0 amide bonds. The number of nitro groups is 1. The molecule has 2 aromatic rings. The van der Waals surface area contributed by atoms with Gasteiger partial charge in [-0.05, 0) is 18.2 Å². The van der Waals surface area contributed by atoms with E-state index in [0.717, 1.165) is 6.07 Å². The SMILES string of the molecule is O=[N+]([O-])c1c(Cl)cccc1-c1cccc(F)c1F. The van der Waals surface area contributed by atoms with E-state index in [4.69, 9.17) is 11.6 Å². The van der Waals surface area contributed by atoms with E-state index < -0.39 is 22.2 Å². The number of hydrogen-bond acceptors (Lipinski definition) is 2. The van der Waals surface area contributed by atoms with Gasteiger partial charge in [-0.25, -0.2) is 8.78 Å². The van der Waals surface area contributed by atoms with Crippen LogP contribution in [-0.4, -0.2) is 4.92 Å². The molecule has 18 heavy (non-hydrogen) atoms. The number of rotatable bonds is 2. The van der Waals surface area contributed by atoms with E-state index in [1.807, 2.05) is 0 Å². The third-order valence-electron chi connectivity index (χ3n) is 2.41. The van der Waals surface area contributed by atoms with Crippen molar-refractivity contribution in [3.8, 4) is 11.1 Å². The first-order valence-electron chi connectivity index (χ1n) is 4.89. The maximum atomic E-state index is 13.6. The fraction of sp³-hybridized carbons (Fsp3) is 0. The standard InChI is InChI=1S/C12H6ClF2NO2/c13-9-5-1-4-8(12(9)16(17)18)7-3-2-6-10(14)11(7)15/h1-6H. The van der Waals surface area contributed by atoms with Gasteiger partial charge in [0.15, 0.2) is 11.6 Å². The molecule has 0 aliphatic rings. The van der Waals surface area contributed by atoms with Crippen LogP contribution in [0.2, 0.25) is 5.02 Å². The van der Waals surface area contributed by atoms with Gasteiger partial charge in [0.25, 0.3) is 5.69 Å². The first-order chi connectivity index (χ1) is 8.52. The Hall–Kier alpha value is -2.01. The molecule has 0 heterocycles. The number of hydrogen-bond donors (Lipinski definition) is 0. The Morgan fingerprint density at radius 3 is 2.33 bits per heavy atom. The van der Waals surface area contributed by atoms with Crippen molar-refractivity contribution >= 4 is 17.3 Å². The normalized spacial score (nSPS) is 10.4. The van der Waals surface area contributed by atoms with Gasteiger partial charge in [-0.3, -0.25) is 10.1 Å². The maximum Gasteiger partial charge on any atom is 0.295 e. The lowest BCUT2D eigenvalue weighted by molar-refractivity contribution is -0.384. The highest BCUT2D eigenvalue weighted by atomic mass is 35.5. The molecular formula is C12H6ClF2NO2. The third-order valence-corrected chi connectivity index (χ3v) is 2.72. The van der Waals surface area contributed by atoms with Crippen LogP contribution in [0.3, 0.4) is 0 Å². The van der Waals surface area contributed by atoms with Crippen molar-refractivity contribution in [3.05, 3.63) is 63.2 Å². The summed E-state index contributed by atoms with van der Waals surface area (Å²) in [5.41, 5.74) is -0.683. The highest BCUT2D eigenvalue weighted by molar-refractivity contribution is 6.33. The second-order valence-electron chi connectivity index (χ2n) is 3.49. The average molecular weight is 270 g/mol. The minimum absolute atomic E-state index is 0.0514. The molecule has 0 N–H and O–H groups in total. The molecule has 0 spiro atoms. The molecule has 0 fully saturated rings. The van der Waals surface area contributed by atoms with Gasteiger partial charge in [0.1, 0.15) is 5.02 Å². The number of nitrogens with zero attached hydrogens (tertiary/aromatic N) is 1. The smallest absolute Gasteiger partial charge is 0.258 e. The summed E-state index contributed by atoms with van der Waals surface area (Å²) >= 11 is 5.71. The zero-order chi connectivity index (χ0) is 13.3. The zero-order valence-corrected chi connectivity index (χ0v) is 9.62. The first kappa shape index (κ1) is 12.4. The van der Waals surface area contributed by atoms with Crippen LogP contribution >= 0.6 is 11.6 Å². The van der Waals surface area contributed by atoms with Crippen molar-refractivity contribution in [2.75, 3.05) is 0 Å². The minimum atomic E-state index is -1.14. The summed E-state index contributed by atoms with van der Waals surface area (Å²) in [6.07, 6.45) is 0. The second-order valence-corrected chi connectivity index (χ2v) is 3.90. The van der Waals surface area contributed by atoms with E-state index in [2.05, 4.69) is 0 Å². The summed E-state index contributed by atoms with van der Waals surface area (Å²) in [5.74, 6) is -2.20. The molecule has 92 valence electrons. The van der Waals surface area contributed by atoms with E-state index in [-0.39, 0.29) is 16.1 Å². The lowest BCUT2D eigenvalue weighted by Gasteiger charge is -2.06. The van der Waals surface area contributed by atoms with Crippen molar-refractivity contribution in [1.82, 2.24) is 0 Å². The van der Waals surface area contributed by atoms with Crippen molar-refractivity contribution < 1.29 is 13.7 Å². The van der Waals surface area contributed by atoms with Gasteiger partial charge < -0.3 is 0 Å². The maximum absolute atomic E-state index is 13.6. The van der Waals surface area contributed by atoms with Gasteiger partial charge in [0, 0.05) is 5.56 Å². The molecule has 6 heteroatoms. The molecule has 0 saturated heterocycles. The summed E-state index contributed by atoms with van der Waals surface area (Å²) in [6, 6.07) is 7.56. The zero-order valence-electron chi connectivity index (χ0n) is 8.86. The molecule has 0 unspecified atom stereocenters. The molecule has 0 atom stereocenters. The van der Waals surface area contributed by atoms with Crippen LogP contribution in [-0.2, 0) is 0 Å². The number of halogens is 3. The molecular weight excluding hydrogens is 264 g/mol. The summed E-state index contributed by atoms with van der Waals surface area (Å²) in [5, 5.41) is 10.8.